The summed E-state index contributed by atoms with van der Waals surface area (Å²) in [5.41, 5.74) is 6.38. The van der Waals surface area contributed by atoms with Gasteiger partial charge in [0.2, 0.25) is 11.8 Å². The van der Waals surface area contributed by atoms with Crippen LogP contribution in [0.1, 0.15) is 19.3 Å². The largest absolute Gasteiger partial charge is 0.399 e. The van der Waals surface area contributed by atoms with Gasteiger partial charge < -0.3 is 5.73 Å². The topological polar surface area (TPSA) is 63.4 Å². The van der Waals surface area contributed by atoms with Gasteiger partial charge in [-0.2, -0.15) is 0 Å². The molecule has 2 N–H and O–H groups in total. The van der Waals surface area contributed by atoms with Gasteiger partial charge in [0.15, 0.2) is 0 Å². The van der Waals surface area contributed by atoms with Crippen molar-refractivity contribution in [2.24, 2.45) is 0 Å². The fraction of sp³-hybridized carbons (Fsp3) is 0.385. The van der Waals surface area contributed by atoms with Gasteiger partial charge in [0.1, 0.15) is 0 Å². The summed E-state index contributed by atoms with van der Waals surface area (Å²) in [5.74, 6) is -0.0566. The number of carbonyl (C=O) groups excluding carboxylic acids is 2. The molecular formula is C13H14N2O2S. The van der Waals surface area contributed by atoms with Crippen LogP contribution in [0.2, 0.25) is 0 Å². The van der Waals surface area contributed by atoms with Crippen LogP contribution in [0.4, 0.5) is 5.69 Å². The molecule has 2 amide bonds. The van der Waals surface area contributed by atoms with E-state index in [1.54, 1.807) is 0 Å². The first-order valence-corrected chi connectivity index (χ1v) is 6.91. The summed E-state index contributed by atoms with van der Waals surface area (Å²) in [5, 5.41) is -0.278. The maximum Gasteiger partial charge on any atom is 0.243 e. The lowest BCUT2D eigenvalue weighted by Gasteiger charge is -2.13. The van der Waals surface area contributed by atoms with Gasteiger partial charge in [-0.15, -0.1) is 11.8 Å². The molecule has 1 unspecified atom stereocenters. The first-order chi connectivity index (χ1) is 8.65. The van der Waals surface area contributed by atoms with Crippen LogP contribution in [-0.2, 0) is 9.59 Å². The van der Waals surface area contributed by atoms with Crippen molar-refractivity contribution in [3.8, 4) is 0 Å². The van der Waals surface area contributed by atoms with Crippen LogP contribution in [-0.4, -0.2) is 28.0 Å². The fourth-order valence-corrected chi connectivity index (χ4v) is 3.31. The number of likely N-dealkylation sites (tertiary alicyclic amines) is 1. The molecule has 0 spiro atoms. The Bertz CT molecular complexity index is 513. The number of nitrogens with two attached hydrogens (primary N) is 1. The van der Waals surface area contributed by atoms with Crippen molar-refractivity contribution in [1.82, 2.24) is 4.90 Å². The third kappa shape index (κ3) is 2.10. The minimum Gasteiger partial charge on any atom is -0.399 e. The van der Waals surface area contributed by atoms with Crippen molar-refractivity contribution in [3.05, 3.63) is 24.3 Å². The summed E-state index contributed by atoms with van der Waals surface area (Å²) < 4.78 is 0. The molecule has 1 saturated heterocycles. The Morgan fingerprint density at radius 1 is 1.28 bits per heavy atom. The summed E-state index contributed by atoms with van der Waals surface area (Å²) in [4.78, 5) is 26.3. The molecule has 0 aromatic heterocycles. The number of hydrogen-bond donors (Lipinski definition) is 1. The van der Waals surface area contributed by atoms with Gasteiger partial charge in [0.05, 0.1) is 5.25 Å². The van der Waals surface area contributed by atoms with Crippen LogP contribution in [0, 0.1) is 0 Å². The van der Waals surface area contributed by atoms with E-state index in [-0.39, 0.29) is 23.1 Å². The van der Waals surface area contributed by atoms with Gasteiger partial charge in [-0.25, -0.2) is 0 Å². The molecule has 0 bridgehead atoms. The van der Waals surface area contributed by atoms with Crippen LogP contribution in [0.15, 0.2) is 29.2 Å². The fourth-order valence-electron chi connectivity index (χ4n) is 2.18. The predicted molar refractivity (Wildman–Crippen MR) is 70.0 cm³/mol. The Kier molecular flexibility index (Phi) is 2.78. The average molecular weight is 262 g/mol. The third-order valence-electron chi connectivity index (χ3n) is 3.19. The van der Waals surface area contributed by atoms with Crippen LogP contribution >= 0.6 is 11.8 Å². The third-order valence-corrected chi connectivity index (χ3v) is 4.37. The number of imide groups is 1. The lowest BCUT2D eigenvalue weighted by Crippen LogP contribution is -2.33. The number of nitrogen functional groups attached to an aromatic ring is 1. The van der Waals surface area contributed by atoms with Gasteiger partial charge in [-0.1, -0.05) is 6.07 Å². The molecule has 1 aliphatic heterocycles. The van der Waals surface area contributed by atoms with E-state index < -0.39 is 0 Å². The highest BCUT2D eigenvalue weighted by Crippen LogP contribution is 2.37. The number of amides is 2. The normalized spacial score (nSPS) is 23.8. The maximum atomic E-state index is 12.1. The molecule has 1 heterocycles. The molecule has 5 heteroatoms. The molecule has 1 atom stereocenters. The molecule has 1 aromatic rings. The Hall–Kier alpha value is -1.49. The van der Waals surface area contributed by atoms with Crippen LogP contribution in [0.3, 0.4) is 0 Å². The van der Waals surface area contributed by atoms with E-state index in [0.717, 1.165) is 17.7 Å². The molecular weight excluding hydrogens is 248 g/mol. The molecule has 1 aromatic carbocycles. The summed E-state index contributed by atoms with van der Waals surface area (Å²) in [6.45, 7) is 0. The Morgan fingerprint density at radius 3 is 2.72 bits per heavy atom. The lowest BCUT2D eigenvalue weighted by molar-refractivity contribution is -0.138. The average Bonchev–Trinajstić information content (AvgIpc) is 3.09. The number of thioether (sulfide) groups is 1. The Labute approximate surface area is 110 Å². The summed E-state index contributed by atoms with van der Waals surface area (Å²) in [6, 6.07) is 7.59. The first kappa shape index (κ1) is 11.6. The number of rotatable bonds is 3. The second kappa shape index (κ2) is 4.31. The molecule has 2 fully saturated rings. The molecule has 4 nitrogen and oxygen atoms in total. The van der Waals surface area contributed by atoms with Crippen molar-refractivity contribution in [2.75, 3.05) is 5.73 Å². The van der Waals surface area contributed by atoms with E-state index in [9.17, 15) is 9.59 Å². The summed E-state index contributed by atoms with van der Waals surface area (Å²) in [6.07, 6.45) is 2.25. The predicted octanol–water partition coefficient (Wildman–Crippen LogP) is 1.65. The lowest BCUT2D eigenvalue weighted by atomic mass is 10.3. The molecule has 1 saturated carbocycles. The number of carbonyl (C=O) groups is 2. The standard InChI is InChI=1S/C13H14N2O2S/c14-8-2-1-3-10(6-8)18-11-7-12(16)15(13(11)17)9-4-5-9/h1-3,6,9,11H,4-5,7,14H2. The first-order valence-electron chi connectivity index (χ1n) is 6.03. The smallest absolute Gasteiger partial charge is 0.243 e. The molecule has 2 aliphatic rings. The molecule has 94 valence electrons. The van der Waals surface area contributed by atoms with Crippen molar-refractivity contribution >= 4 is 29.3 Å². The van der Waals surface area contributed by atoms with Crippen LogP contribution in [0.5, 0.6) is 0 Å². The molecule has 3 rings (SSSR count). The monoisotopic (exact) mass is 262 g/mol. The van der Waals surface area contributed by atoms with Gasteiger partial charge >= 0.3 is 0 Å². The zero-order valence-electron chi connectivity index (χ0n) is 9.83. The van der Waals surface area contributed by atoms with E-state index in [1.807, 2.05) is 24.3 Å². The van der Waals surface area contributed by atoms with E-state index in [4.69, 9.17) is 5.73 Å². The summed E-state index contributed by atoms with van der Waals surface area (Å²) >= 11 is 1.43. The number of nitrogens with zero attached hydrogens (tertiary/aromatic N) is 1. The Balaban J connectivity index is 1.74. The van der Waals surface area contributed by atoms with Gasteiger partial charge in [0, 0.05) is 23.0 Å². The second-order valence-corrected chi connectivity index (χ2v) is 5.99. The minimum atomic E-state index is -0.278. The van der Waals surface area contributed by atoms with Crippen molar-refractivity contribution < 1.29 is 9.59 Å². The zero-order chi connectivity index (χ0) is 12.7. The van der Waals surface area contributed by atoms with Crippen LogP contribution < -0.4 is 5.73 Å². The van der Waals surface area contributed by atoms with Gasteiger partial charge in [-0.05, 0) is 31.0 Å². The molecule has 1 aliphatic carbocycles. The minimum absolute atomic E-state index is 0.0242. The van der Waals surface area contributed by atoms with Crippen molar-refractivity contribution in [2.45, 2.75) is 35.4 Å². The van der Waals surface area contributed by atoms with Crippen LogP contribution in [0.25, 0.3) is 0 Å². The van der Waals surface area contributed by atoms with E-state index >= 15 is 0 Å². The molecule has 0 radical (unpaired) electrons. The summed E-state index contributed by atoms with van der Waals surface area (Å²) in [7, 11) is 0. The van der Waals surface area contributed by atoms with E-state index in [2.05, 4.69) is 0 Å². The zero-order valence-corrected chi connectivity index (χ0v) is 10.7. The number of hydrogen-bond acceptors (Lipinski definition) is 4. The van der Waals surface area contributed by atoms with Gasteiger partial charge in [0.25, 0.3) is 0 Å². The van der Waals surface area contributed by atoms with Crippen molar-refractivity contribution in [1.29, 1.82) is 0 Å². The maximum absolute atomic E-state index is 12.1. The van der Waals surface area contributed by atoms with E-state index in [0.29, 0.717) is 12.1 Å². The highest BCUT2D eigenvalue weighted by molar-refractivity contribution is 8.00. The number of benzene rings is 1. The van der Waals surface area contributed by atoms with E-state index in [1.165, 1.54) is 16.7 Å². The molecule has 18 heavy (non-hydrogen) atoms. The quantitative estimate of drug-likeness (QED) is 0.664. The van der Waals surface area contributed by atoms with Gasteiger partial charge in [-0.3, -0.25) is 14.5 Å². The number of anilines is 1. The highest BCUT2D eigenvalue weighted by Gasteiger charge is 2.46. The SMILES string of the molecule is Nc1cccc(SC2CC(=O)N(C3CC3)C2=O)c1. The Morgan fingerprint density at radius 2 is 2.06 bits per heavy atom. The second-order valence-electron chi connectivity index (χ2n) is 4.72. The highest BCUT2D eigenvalue weighted by atomic mass is 32.2. The van der Waals surface area contributed by atoms with Crippen molar-refractivity contribution in [3.63, 3.8) is 0 Å².